The lowest BCUT2D eigenvalue weighted by Crippen LogP contribution is -2.38. The zero-order valence-corrected chi connectivity index (χ0v) is 11.8. The van der Waals surface area contributed by atoms with Crippen molar-refractivity contribution in [3.63, 3.8) is 0 Å². The molecule has 2 rings (SSSR count). The van der Waals surface area contributed by atoms with Crippen molar-refractivity contribution < 1.29 is 19.2 Å². The first-order valence-corrected chi connectivity index (χ1v) is 6.64. The number of hydrogen-bond donors (Lipinski definition) is 0. The molecular formula is C15H17NO4. The second-order valence-corrected chi connectivity index (χ2v) is 5.10. The summed E-state index contributed by atoms with van der Waals surface area (Å²) in [6.45, 7) is 5.49. The predicted octanol–water partition coefficient (Wildman–Crippen LogP) is 2.57. The average Bonchev–Trinajstić information content (AvgIpc) is 2.72. The molecule has 1 aromatic carbocycles. The molecule has 0 bridgehead atoms. The van der Waals surface area contributed by atoms with E-state index >= 15 is 0 Å². The van der Waals surface area contributed by atoms with Crippen LogP contribution in [0.4, 0.5) is 0 Å². The normalized spacial score (nSPS) is 14.4. The van der Waals surface area contributed by atoms with Gasteiger partial charge in [-0.15, -0.1) is 0 Å². The highest BCUT2D eigenvalue weighted by Crippen LogP contribution is 2.30. The van der Waals surface area contributed by atoms with Gasteiger partial charge >= 0.3 is 5.97 Å². The van der Waals surface area contributed by atoms with Crippen LogP contribution in [0, 0.1) is 5.41 Å². The number of benzene rings is 1. The lowest BCUT2D eigenvalue weighted by molar-refractivity contribution is -0.180. The molecule has 0 atom stereocenters. The molecule has 5 nitrogen and oxygen atoms in total. The van der Waals surface area contributed by atoms with Crippen molar-refractivity contribution >= 4 is 17.8 Å². The first-order chi connectivity index (χ1) is 9.44. The molecule has 5 heteroatoms. The summed E-state index contributed by atoms with van der Waals surface area (Å²) in [6.07, 6.45) is 1.15. The molecule has 20 heavy (non-hydrogen) atoms. The van der Waals surface area contributed by atoms with Gasteiger partial charge in [0.2, 0.25) is 0 Å². The Morgan fingerprint density at radius 1 is 1.10 bits per heavy atom. The molecule has 1 aromatic rings. The Morgan fingerprint density at radius 3 is 1.95 bits per heavy atom. The van der Waals surface area contributed by atoms with Crippen LogP contribution < -0.4 is 0 Å². The van der Waals surface area contributed by atoms with Crippen LogP contribution in [0.25, 0.3) is 0 Å². The molecule has 0 radical (unpaired) electrons. The quantitative estimate of drug-likeness (QED) is 0.792. The zero-order chi connectivity index (χ0) is 14.9. The third kappa shape index (κ3) is 2.09. The SMILES string of the molecule is CCC(C)(CC)C(=O)ON1C(=O)c2ccccc2C1=O. The molecule has 2 amide bonds. The molecule has 0 saturated carbocycles. The predicted molar refractivity (Wildman–Crippen MR) is 71.7 cm³/mol. The molecule has 1 heterocycles. The van der Waals surface area contributed by atoms with Crippen molar-refractivity contribution in [1.29, 1.82) is 0 Å². The van der Waals surface area contributed by atoms with Crippen molar-refractivity contribution in [2.45, 2.75) is 33.6 Å². The fraction of sp³-hybridized carbons (Fsp3) is 0.400. The van der Waals surface area contributed by atoms with Crippen LogP contribution in [-0.2, 0) is 9.63 Å². The molecule has 1 aliphatic rings. The highest BCUT2D eigenvalue weighted by molar-refractivity contribution is 6.20. The van der Waals surface area contributed by atoms with Crippen molar-refractivity contribution in [3.05, 3.63) is 35.4 Å². The minimum absolute atomic E-state index is 0.264. The van der Waals surface area contributed by atoms with E-state index in [2.05, 4.69) is 0 Å². The maximum absolute atomic E-state index is 12.2. The summed E-state index contributed by atoms with van der Waals surface area (Å²) in [5.41, 5.74) is -0.171. The minimum Gasteiger partial charge on any atom is -0.329 e. The van der Waals surface area contributed by atoms with Crippen LogP contribution in [-0.4, -0.2) is 22.8 Å². The van der Waals surface area contributed by atoms with Crippen molar-refractivity contribution in [1.82, 2.24) is 5.06 Å². The summed E-state index contributed by atoms with van der Waals surface area (Å²) in [5, 5.41) is 0.566. The van der Waals surface area contributed by atoms with E-state index in [1.54, 1.807) is 31.2 Å². The first-order valence-electron chi connectivity index (χ1n) is 6.64. The fourth-order valence-electron chi connectivity index (χ4n) is 1.98. The van der Waals surface area contributed by atoms with Gasteiger partial charge in [0.25, 0.3) is 11.8 Å². The van der Waals surface area contributed by atoms with Crippen molar-refractivity contribution in [2.75, 3.05) is 0 Å². The number of carbonyl (C=O) groups is 3. The summed E-state index contributed by atoms with van der Waals surface area (Å²) in [4.78, 5) is 41.4. The molecule has 0 aliphatic carbocycles. The van der Waals surface area contributed by atoms with Crippen LogP contribution in [0.3, 0.4) is 0 Å². The third-order valence-corrected chi connectivity index (χ3v) is 3.98. The summed E-state index contributed by atoms with van der Waals surface area (Å²) in [6, 6.07) is 6.42. The van der Waals surface area contributed by atoms with Crippen LogP contribution in [0.2, 0.25) is 0 Å². The number of rotatable bonds is 4. The van der Waals surface area contributed by atoms with Gasteiger partial charge in [-0.1, -0.05) is 31.0 Å². The Labute approximate surface area is 117 Å². The Bertz CT molecular complexity index is 540. The largest absolute Gasteiger partial charge is 0.339 e. The van der Waals surface area contributed by atoms with Gasteiger partial charge in [0, 0.05) is 0 Å². The topological polar surface area (TPSA) is 63.7 Å². The van der Waals surface area contributed by atoms with E-state index in [1.807, 2.05) is 13.8 Å². The second kappa shape index (κ2) is 5.07. The molecule has 1 aliphatic heterocycles. The van der Waals surface area contributed by atoms with Gasteiger partial charge in [0.1, 0.15) is 0 Å². The number of carbonyl (C=O) groups excluding carboxylic acids is 3. The summed E-state index contributed by atoms with van der Waals surface area (Å²) >= 11 is 0. The van der Waals surface area contributed by atoms with E-state index in [1.165, 1.54) is 0 Å². The molecule has 106 valence electrons. The molecule has 0 fully saturated rings. The van der Waals surface area contributed by atoms with Crippen molar-refractivity contribution in [2.24, 2.45) is 5.41 Å². The van der Waals surface area contributed by atoms with Gasteiger partial charge in [-0.25, -0.2) is 4.79 Å². The molecule has 0 aromatic heterocycles. The molecule has 0 saturated heterocycles. The van der Waals surface area contributed by atoms with E-state index in [4.69, 9.17) is 4.84 Å². The fourth-order valence-corrected chi connectivity index (χ4v) is 1.98. The van der Waals surface area contributed by atoms with Crippen LogP contribution in [0.1, 0.15) is 54.3 Å². The minimum atomic E-state index is -0.699. The molecule has 0 spiro atoms. The molecule has 0 N–H and O–H groups in total. The molecule has 0 unspecified atom stereocenters. The van der Waals surface area contributed by atoms with E-state index in [0.717, 1.165) is 0 Å². The number of imide groups is 1. The number of amides is 2. The summed E-state index contributed by atoms with van der Waals surface area (Å²) in [5.74, 6) is -1.74. The maximum atomic E-state index is 12.2. The Morgan fingerprint density at radius 2 is 1.55 bits per heavy atom. The van der Waals surface area contributed by atoms with Crippen LogP contribution in [0.5, 0.6) is 0 Å². The Hall–Kier alpha value is -2.17. The summed E-state index contributed by atoms with van der Waals surface area (Å²) < 4.78 is 0. The van der Waals surface area contributed by atoms with Gasteiger partial charge in [0.05, 0.1) is 16.5 Å². The number of nitrogens with zero attached hydrogens (tertiary/aromatic N) is 1. The van der Waals surface area contributed by atoms with Gasteiger partial charge in [-0.3, -0.25) is 9.59 Å². The highest BCUT2D eigenvalue weighted by atomic mass is 16.7. The van der Waals surface area contributed by atoms with Crippen molar-refractivity contribution in [3.8, 4) is 0 Å². The van der Waals surface area contributed by atoms with E-state index < -0.39 is 23.2 Å². The number of hydrogen-bond acceptors (Lipinski definition) is 4. The smallest absolute Gasteiger partial charge is 0.329 e. The number of fused-ring (bicyclic) bond motifs is 1. The van der Waals surface area contributed by atoms with Crippen LogP contribution >= 0.6 is 0 Å². The summed E-state index contributed by atoms with van der Waals surface area (Å²) in [7, 11) is 0. The Balaban J connectivity index is 2.23. The monoisotopic (exact) mass is 275 g/mol. The van der Waals surface area contributed by atoms with E-state index in [9.17, 15) is 14.4 Å². The van der Waals surface area contributed by atoms with Gasteiger partial charge < -0.3 is 4.84 Å². The zero-order valence-electron chi connectivity index (χ0n) is 11.8. The maximum Gasteiger partial charge on any atom is 0.339 e. The average molecular weight is 275 g/mol. The van der Waals surface area contributed by atoms with Gasteiger partial charge in [-0.2, -0.15) is 0 Å². The number of hydroxylamine groups is 2. The Kier molecular flexibility index (Phi) is 3.61. The van der Waals surface area contributed by atoms with E-state index in [-0.39, 0.29) is 11.1 Å². The van der Waals surface area contributed by atoms with Gasteiger partial charge in [0.15, 0.2) is 0 Å². The lowest BCUT2D eigenvalue weighted by Gasteiger charge is -2.25. The lowest BCUT2D eigenvalue weighted by atomic mass is 9.85. The second-order valence-electron chi connectivity index (χ2n) is 5.10. The van der Waals surface area contributed by atoms with E-state index in [0.29, 0.717) is 17.9 Å². The van der Waals surface area contributed by atoms with Gasteiger partial charge in [-0.05, 0) is 31.9 Å². The highest BCUT2D eigenvalue weighted by Gasteiger charge is 2.41. The standard InChI is InChI=1S/C15H17NO4/c1-4-15(3,5-2)14(19)20-16-12(17)10-8-6-7-9-11(10)13(16)18/h6-9H,4-5H2,1-3H3. The van der Waals surface area contributed by atoms with Crippen LogP contribution in [0.15, 0.2) is 24.3 Å². The first kappa shape index (κ1) is 14.2. The molecular weight excluding hydrogens is 258 g/mol. The third-order valence-electron chi connectivity index (χ3n) is 3.98.